The molecule has 52 heavy (non-hydrogen) atoms. The molecular weight excluding hydrogens is 809 g/mol. The van der Waals surface area contributed by atoms with Gasteiger partial charge in [-0.1, -0.05) is 80.0 Å². The van der Waals surface area contributed by atoms with E-state index >= 15 is 0 Å². The molecule has 0 fully saturated rings. The van der Waals surface area contributed by atoms with Crippen molar-refractivity contribution in [1.29, 1.82) is 0 Å². The molecule has 0 aliphatic rings. The van der Waals surface area contributed by atoms with Gasteiger partial charge >= 0.3 is 5.97 Å². The van der Waals surface area contributed by atoms with Gasteiger partial charge in [0.25, 0.3) is 0 Å². The molecule has 4 aromatic heterocycles. The third-order valence-corrected chi connectivity index (χ3v) is 9.56. The van der Waals surface area contributed by atoms with Crippen molar-refractivity contribution in [3.63, 3.8) is 0 Å². The third kappa shape index (κ3) is 6.86. The van der Waals surface area contributed by atoms with Crippen LogP contribution in [0, 0.1) is 0 Å². The number of nitrogens with zero attached hydrogens (tertiary/aromatic N) is 7. The van der Waals surface area contributed by atoms with Crippen LogP contribution in [0.3, 0.4) is 0 Å². The number of carboxylic acids is 1. The summed E-state index contributed by atoms with van der Waals surface area (Å²) in [6.07, 6.45) is 2.73. The lowest BCUT2D eigenvalue weighted by Gasteiger charge is -2.14. The van der Waals surface area contributed by atoms with E-state index in [2.05, 4.69) is 25.6 Å². The zero-order valence-electron chi connectivity index (χ0n) is 25.8. The third-order valence-electron chi connectivity index (χ3n) is 7.42. The summed E-state index contributed by atoms with van der Waals surface area (Å²) in [5, 5.41) is 45.4. The number of carbonyl (C=O) groups excluding carboxylic acids is 3. The fourth-order valence-electron chi connectivity index (χ4n) is 5.17. The van der Waals surface area contributed by atoms with Crippen LogP contribution >= 0.6 is 69.6 Å². The zero-order valence-corrected chi connectivity index (χ0v) is 30.4. The number of ketones is 3. The average molecular weight is 827 g/mol. The van der Waals surface area contributed by atoms with E-state index in [9.17, 15) is 29.4 Å². The number of phenols is 2. The molecule has 0 amide bonds. The van der Waals surface area contributed by atoms with Gasteiger partial charge < -0.3 is 20.3 Å². The van der Waals surface area contributed by atoms with Crippen LogP contribution < -0.4 is 0 Å². The summed E-state index contributed by atoms with van der Waals surface area (Å²) in [4.78, 5) is 53.2. The lowest BCUT2D eigenvalue weighted by Crippen LogP contribution is -2.13. The minimum Gasteiger partial charge on any atom is -0.507 e. The minimum absolute atomic E-state index is 0.00912. The lowest BCUT2D eigenvalue weighted by atomic mass is 10.0. The number of halogens is 6. The molecule has 15 nitrogen and oxygen atoms in total. The van der Waals surface area contributed by atoms with Gasteiger partial charge in [0.2, 0.25) is 11.6 Å². The first-order valence-corrected chi connectivity index (χ1v) is 16.6. The van der Waals surface area contributed by atoms with Gasteiger partial charge in [-0.25, -0.2) is 9.36 Å². The fraction of sp³-hybridized carbons (Fsp3) is 0.0968. The van der Waals surface area contributed by atoms with Crippen molar-refractivity contribution in [3.8, 4) is 39.7 Å². The Morgan fingerprint density at radius 2 is 1.25 bits per heavy atom. The van der Waals surface area contributed by atoms with E-state index in [1.54, 1.807) is 0 Å². The maximum atomic E-state index is 14.1. The van der Waals surface area contributed by atoms with E-state index in [4.69, 9.17) is 74.7 Å². The Morgan fingerprint density at radius 1 is 0.731 bits per heavy atom. The van der Waals surface area contributed by atoms with Crippen LogP contribution in [-0.2, 0) is 22.7 Å². The first-order chi connectivity index (χ1) is 24.5. The first kappa shape index (κ1) is 36.9. The second kappa shape index (κ2) is 14.3. The molecular formula is C31H18Cl6N8O7. The second-order valence-electron chi connectivity index (χ2n) is 11.0. The van der Waals surface area contributed by atoms with Gasteiger partial charge in [-0.3, -0.25) is 23.7 Å². The molecule has 0 spiro atoms. The van der Waals surface area contributed by atoms with Crippen molar-refractivity contribution in [2.75, 3.05) is 0 Å². The number of phenolic OH excluding ortho intramolecular Hbond substituents is 2. The van der Waals surface area contributed by atoms with Crippen LogP contribution in [0.4, 0.5) is 0 Å². The first-order valence-electron chi connectivity index (χ1n) is 14.4. The van der Waals surface area contributed by atoms with Crippen molar-refractivity contribution in [2.45, 2.75) is 20.0 Å². The maximum Gasteiger partial charge on any atom is 0.325 e. The summed E-state index contributed by atoms with van der Waals surface area (Å²) in [5.41, 5.74) is -0.850. The summed E-state index contributed by atoms with van der Waals surface area (Å²) >= 11 is 38.9. The van der Waals surface area contributed by atoms with E-state index in [0.29, 0.717) is 0 Å². The molecule has 266 valence electrons. The topological polar surface area (TPSA) is 211 Å². The predicted molar refractivity (Wildman–Crippen MR) is 190 cm³/mol. The molecule has 6 aromatic rings. The summed E-state index contributed by atoms with van der Waals surface area (Å²) in [6, 6.07) is 5.80. The minimum atomic E-state index is -1.16. The second-order valence-corrected chi connectivity index (χ2v) is 13.4. The number of Topliss-reactive ketones (excluding diaryl/α,β-unsaturated/α-hetero) is 1. The summed E-state index contributed by atoms with van der Waals surface area (Å²) in [6.45, 7) is 0.856. The Hall–Kier alpha value is -4.90. The summed E-state index contributed by atoms with van der Waals surface area (Å²) in [7, 11) is 0. The van der Waals surface area contributed by atoms with Gasteiger partial charge in [0.1, 0.15) is 57.0 Å². The molecule has 0 atom stereocenters. The quantitative estimate of drug-likeness (QED) is 0.0999. The Labute approximate surface area is 320 Å². The van der Waals surface area contributed by atoms with Crippen molar-refractivity contribution in [3.05, 3.63) is 95.6 Å². The van der Waals surface area contributed by atoms with Crippen LogP contribution in [-0.4, -0.2) is 78.2 Å². The summed E-state index contributed by atoms with van der Waals surface area (Å²) < 4.78 is 3.35. The van der Waals surface area contributed by atoms with Gasteiger partial charge in [-0.15, -0.1) is 10.2 Å². The smallest absolute Gasteiger partial charge is 0.325 e. The molecule has 0 radical (unpaired) electrons. The molecule has 21 heteroatoms. The highest BCUT2D eigenvalue weighted by molar-refractivity contribution is 6.45. The molecule has 0 saturated carbocycles. The van der Waals surface area contributed by atoms with Crippen LogP contribution in [0.1, 0.15) is 39.0 Å². The number of aliphatic carboxylic acids is 1. The maximum absolute atomic E-state index is 14.1. The van der Waals surface area contributed by atoms with Gasteiger partial charge in [0.15, 0.2) is 5.78 Å². The Kier molecular flexibility index (Phi) is 10.1. The van der Waals surface area contributed by atoms with Crippen molar-refractivity contribution < 1.29 is 34.5 Å². The number of H-pyrrole nitrogens is 1. The van der Waals surface area contributed by atoms with Crippen molar-refractivity contribution in [2.24, 2.45) is 0 Å². The van der Waals surface area contributed by atoms with Crippen molar-refractivity contribution in [1.82, 2.24) is 39.5 Å². The number of benzene rings is 2. The van der Waals surface area contributed by atoms with Crippen LogP contribution in [0.15, 0.2) is 42.7 Å². The van der Waals surface area contributed by atoms with Crippen LogP contribution in [0.25, 0.3) is 28.2 Å². The molecule has 0 saturated heterocycles. The molecule has 4 N–H and O–H groups in total. The monoisotopic (exact) mass is 824 g/mol. The van der Waals surface area contributed by atoms with E-state index < -0.39 is 35.6 Å². The molecule has 2 aromatic carbocycles. The highest BCUT2D eigenvalue weighted by Crippen LogP contribution is 2.42. The van der Waals surface area contributed by atoms with Crippen LogP contribution in [0.2, 0.25) is 30.4 Å². The standard InChI is InChI=1S/C31H18Cl6N8O7/c1-11(46)7-43-8-19(39-41-43)12-4-22(47)14(2-16(12)32)28(51)21-6-18(34)31(37)45(21)27-25(35)30(36)38-26(27)29(52)15-3-17(33)13(5-23(15)48)20-9-44(42-40-20)10-24(49)50/h2-6,8-9,38,47-48H,7,10H2,1H3,(H,49,50). The number of rotatable bonds is 11. The Bertz CT molecular complexity index is 2310. The highest BCUT2D eigenvalue weighted by atomic mass is 35.5. The van der Waals surface area contributed by atoms with E-state index in [0.717, 1.165) is 21.4 Å². The molecule has 0 aliphatic carbocycles. The number of aromatic amines is 1. The fourth-order valence-corrected chi connectivity index (χ4v) is 6.52. The average Bonchev–Trinajstić information content (AvgIpc) is 3.86. The molecule has 4 heterocycles. The zero-order chi connectivity index (χ0) is 37.8. The van der Waals surface area contributed by atoms with E-state index in [1.807, 2.05) is 0 Å². The van der Waals surface area contributed by atoms with Gasteiger partial charge in [-0.2, -0.15) is 0 Å². The predicted octanol–water partition coefficient (Wildman–Crippen LogP) is 6.79. The Balaban J connectivity index is 1.40. The number of aromatic hydroxyl groups is 2. The molecule has 6 rings (SSSR count). The molecule has 0 unspecified atom stereocenters. The van der Waals surface area contributed by atoms with Gasteiger partial charge in [-0.05, 0) is 37.3 Å². The Morgan fingerprint density at radius 3 is 1.77 bits per heavy atom. The normalized spacial score (nSPS) is 11.3. The highest BCUT2D eigenvalue weighted by Gasteiger charge is 2.32. The van der Waals surface area contributed by atoms with Crippen LogP contribution in [0.5, 0.6) is 11.5 Å². The number of hydrogen-bond acceptors (Lipinski definition) is 10. The van der Waals surface area contributed by atoms with E-state index in [-0.39, 0.29) is 93.4 Å². The number of carbonyl (C=O) groups is 4. The van der Waals surface area contributed by atoms with Crippen molar-refractivity contribution >= 4 is 92.9 Å². The number of nitrogens with one attached hydrogen (secondary N) is 1. The van der Waals surface area contributed by atoms with Gasteiger partial charge in [0.05, 0.1) is 50.0 Å². The number of carboxylic acid groups (broad SMARTS) is 1. The summed E-state index contributed by atoms with van der Waals surface area (Å²) in [5.74, 6) is -4.20. The van der Waals surface area contributed by atoms with E-state index in [1.165, 1.54) is 42.2 Å². The van der Waals surface area contributed by atoms with Gasteiger partial charge in [0, 0.05) is 11.1 Å². The molecule has 0 aliphatic heterocycles. The largest absolute Gasteiger partial charge is 0.507 e. The molecule has 0 bridgehead atoms. The lowest BCUT2D eigenvalue weighted by molar-refractivity contribution is -0.138. The number of hydrogen-bond donors (Lipinski definition) is 4. The number of aromatic nitrogens is 8. The SMILES string of the molecule is CC(=O)Cn1cc(-c2cc(O)c(C(=O)c3cc(Cl)c(Cl)n3-c3c(C(=O)c4cc(Cl)c(-c5cn(CC(=O)O)nn5)cc4O)[nH]c(Cl)c3Cl)cc2Cl)nn1.